The van der Waals surface area contributed by atoms with Gasteiger partial charge in [0.2, 0.25) is 21.8 Å². The molecule has 0 atom stereocenters. The van der Waals surface area contributed by atoms with Gasteiger partial charge in [0, 0.05) is 44.3 Å². The molecule has 3 N–H and O–H groups in total. The zero-order valence-electron chi connectivity index (χ0n) is 21.8. The Morgan fingerprint density at radius 1 is 1.02 bits per heavy atom. The van der Waals surface area contributed by atoms with Crippen LogP contribution in [0.5, 0.6) is 5.75 Å². The molecule has 0 unspecified atom stereocenters. The predicted octanol–water partition coefficient (Wildman–Crippen LogP) is 4.72. The minimum atomic E-state index is -3.84. The Kier molecular flexibility index (Phi) is 7.99. The Morgan fingerprint density at radius 2 is 1.75 bits per heavy atom. The number of oxime groups is 1. The quantitative estimate of drug-likeness (QED) is 0.136. The number of sulfonamides is 1. The van der Waals surface area contributed by atoms with Crippen molar-refractivity contribution in [3.05, 3.63) is 90.3 Å². The first kappa shape index (κ1) is 27.5. The Morgan fingerprint density at radius 3 is 2.40 bits per heavy atom. The van der Waals surface area contributed by atoms with Crippen LogP contribution in [0.1, 0.15) is 24.3 Å². The number of nitrogens with zero attached hydrogens (tertiary/aromatic N) is 2. The summed E-state index contributed by atoms with van der Waals surface area (Å²) in [5, 5.41) is 18.4. The molecule has 2 heterocycles. The lowest BCUT2D eigenvalue weighted by molar-refractivity contribution is -0.0948. The van der Waals surface area contributed by atoms with Crippen molar-refractivity contribution in [1.82, 2.24) is 4.98 Å². The average molecular weight is 564 g/mol. The van der Waals surface area contributed by atoms with Gasteiger partial charge in [-0.15, -0.1) is 0 Å². The molecule has 1 aliphatic rings. The highest BCUT2D eigenvalue weighted by molar-refractivity contribution is 7.89. The lowest BCUT2D eigenvalue weighted by Gasteiger charge is -2.36. The van der Waals surface area contributed by atoms with Gasteiger partial charge < -0.3 is 23.8 Å². The van der Waals surface area contributed by atoms with Gasteiger partial charge in [0.25, 0.3) is 0 Å². The van der Waals surface area contributed by atoms with Gasteiger partial charge in [-0.2, -0.15) is 0 Å². The van der Waals surface area contributed by atoms with E-state index in [0.717, 1.165) is 11.1 Å². The zero-order valence-corrected chi connectivity index (χ0v) is 22.6. The lowest BCUT2D eigenvalue weighted by Crippen LogP contribution is -2.35. The molecule has 3 aromatic carbocycles. The average Bonchev–Trinajstić information content (AvgIpc) is 3.41. The number of benzene rings is 3. The number of hydrogen-bond donors (Lipinski definition) is 2. The van der Waals surface area contributed by atoms with Crippen molar-refractivity contribution in [3.63, 3.8) is 0 Å². The van der Waals surface area contributed by atoms with E-state index in [1.54, 1.807) is 25.3 Å². The molecule has 0 spiro atoms. The molecule has 0 bridgehead atoms. The van der Waals surface area contributed by atoms with E-state index in [9.17, 15) is 13.6 Å². The predicted molar refractivity (Wildman–Crippen MR) is 147 cm³/mol. The van der Waals surface area contributed by atoms with Gasteiger partial charge in [0.05, 0.1) is 10.5 Å². The number of rotatable bonds is 8. The summed E-state index contributed by atoms with van der Waals surface area (Å²) < 4.78 is 46.8. The summed E-state index contributed by atoms with van der Waals surface area (Å²) in [6.45, 7) is 1.20. The molecule has 1 aromatic heterocycles. The van der Waals surface area contributed by atoms with Crippen molar-refractivity contribution >= 4 is 15.9 Å². The van der Waals surface area contributed by atoms with Crippen LogP contribution in [0.3, 0.4) is 0 Å². The largest absolute Gasteiger partial charge is 0.439 e. The molecule has 1 saturated heterocycles. The van der Waals surface area contributed by atoms with Crippen molar-refractivity contribution in [3.8, 4) is 28.3 Å². The molecule has 1 aliphatic heterocycles. The standard InChI is InChI=1S/C29H29N3O7S/c1-36-29(14-16-37-17-15-29)22-8-5-9-23(18-22)38-26(32-33)19-25-31-27(20-6-3-2-4-7-20)28(39-25)21-10-12-24(13-11-21)40(30,34)35/h2-13,18,33H,14-17,19H2,1H3,(H2,30,34,35)/b32-26-. The minimum absolute atomic E-state index is 0.0152. The number of hydrogen-bond acceptors (Lipinski definition) is 9. The van der Waals surface area contributed by atoms with Gasteiger partial charge in [-0.3, -0.25) is 0 Å². The van der Waals surface area contributed by atoms with Gasteiger partial charge in [-0.1, -0.05) is 47.6 Å². The topological polar surface area (TPSA) is 146 Å². The van der Waals surface area contributed by atoms with Gasteiger partial charge in [-0.05, 0) is 42.0 Å². The normalized spacial score (nSPS) is 15.6. The first-order chi connectivity index (χ1) is 19.3. The van der Waals surface area contributed by atoms with Crippen LogP contribution in [0.4, 0.5) is 0 Å². The molecular formula is C29H29N3O7S. The Bertz CT molecular complexity index is 1590. The number of aromatic nitrogens is 1. The Balaban J connectivity index is 1.42. The van der Waals surface area contributed by atoms with Crippen LogP contribution < -0.4 is 9.88 Å². The highest BCUT2D eigenvalue weighted by Gasteiger charge is 2.34. The fraction of sp³-hybridized carbons (Fsp3) is 0.241. The molecular weight excluding hydrogens is 534 g/mol. The van der Waals surface area contributed by atoms with Crippen LogP contribution in [-0.4, -0.2) is 44.8 Å². The van der Waals surface area contributed by atoms with Crippen molar-refractivity contribution in [2.75, 3.05) is 20.3 Å². The maximum atomic E-state index is 11.7. The third-order valence-electron chi connectivity index (χ3n) is 6.86. The number of oxazole rings is 1. The van der Waals surface area contributed by atoms with Crippen molar-refractivity contribution in [2.24, 2.45) is 10.3 Å². The van der Waals surface area contributed by atoms with E-state index in [-0.39, 0.29) is 23.1 Å². The molecule has 5 rings (SSSR count). The van der Waals surface area contributed by atoms with Gasteiger partial charge in [0.15, 0.2) is 5.76 Å². The third kappa shape index (κ3) is 5.92. The summed E-state index contributed by atoms with van der Waals surface area (Å²) in [5.74, 6) is 1.11. The third-order valence-corrected chi connectivity index (χ3v) is 7.79. The van der Waals surface area contributed by atoms with Gasteiger partial charge in [-0.25, -0.2) is 18.5 Å². The molecule has 40 heavy (non-hydrogen) atoms. The SMILES string of the molecule is COC1(c2cccc(O/C(Cc3nc(-c4ccccc4)c(-c4ccc(S(N)(=O)=O)cc4)o3)=N\O)c2)CCOCC1. The number of primary sulfonamides is 1. The van der Waals surface area contributed by atoms with Crippen molar-refractivity contribution in [2.45, 2.75) is 29.8 Å². The van der Waals surface area contributed by atoms with E-state index >= 15 is 0 Å². The second-order valence-electron chi connectivity index (χ2n) is 9.33. The summed E-state index contributed by atoms with van der Waals surface area (Å²) in [6.07, 6.45) is 1.39. The Hall–Kier alpha value is -4.03. The zero-order chi connectivity index (χ0) is 28.2. The maximum absolute atomic E-state index is 11.7. The summed E-state index contributed by atoms with van der Waals surface area (Å²) >= 11 is 0. The molecule has 0 aliphatic carbocycles. The van der Waals surface area contributed by atoms with Gasteiger partial charge in [0.1, 0.15) is 17.9 Å². The first-order valence-electron chi connectivity index (χ1n) is 12.6. The maximum Gasteiger partial charge on any atom is 0.240 e. The fourth-order valence-corrected chi connectivity index (χ4v) is 5.25. The van der Waals surface area contributed by atoms with Crippen LogP contribution in [0.25, 0.3) is 22.6 Å². The van der Waals surface area contributed by atoms with Crippen LogP contribution in [0.2, 0.25) is 0 Å². The lowest BCUT2D eigenvalue weighted by atomic mass is 9.86. The smallest absolute Gasteiger partial charge is 0.240 e. The highest BCUT2D eigenvalue weighted by atomic mass is 32.2. The summed E-state index contributed by atoms with van der Waals surface area (Å²) in [7, 11) is -2.16. The summed E-state index contributed by atoms with van der Waals surface area (Å²) in [6, 6.07) is 22.9. The molecule has 0 radical (unpaired) electrons. The molecule has 10 nitrogen and oxygen atoms in total. The van der Waals surface area contributed by atoms with E-state index in [4.69, 9.17) is 23.8 Å². The van der Waals surface area contributed by atoms with E-state index in [1.165, 1.54) is 12.1 Å². The second-order valence-corrected chi connectivity index (χ2v) is 10.9. The molecule has 11 heteroatoms. The monoisotopic (exact) mass is 563 g/mol. The molecule has 1 fully saturated rings. The van der Waals surface area contributed by atoms with E-state index in [2.05, 4.69) is 10.1 Å². The van der Waals surface area contributed by atoms with Crippen molar-refractivity contribution < 1.29 is 32.3 Å². The van der Waals surface area contributed by atoms with Crippen molar-refractivity contribution in [1.29, 1.82) is 0 Å². The first-order valence-corrected chi connectivity index (χ1v) is 14.2. The second kappa shape index (κ2) is 11.6. The summed E-state index contributed by atoms with van der Waals surface area (Å²) in [5.41, 5.74) is 2.40. The highest BCUT2D eigenvalue weighted by Crippen LogP contribution is 2.37. The van der Waals surface area contributed by atoms with E-state index < -0.39 is 15.6 Å². The molecule has 0 saturated carbocycles. The summed E-state index contributed by atoms with van der Waals surface area (Å²) in [4.78, 5) is 4.64. The van der Waals surface area contributed by atoms with Crippen LogP contribution >= 0.6 is 0 Å². The number of nitrogens with two attached hydrogens (primary N) is 1. The molecule has 4 aromatic rings. The number of methoxy groups -OCH3 is 1. The van der Waals surface area contributed by atoms with Gasteiger partial charge >= 0.3 is 0 Å². The fourth-order valence-electron chi connectivity index (χ4n) is 4.74. The molecule has 208 valence electrons. The van der Waals surface area contributed by atoms with E-state index in [0.29, 0.717) is 48.8 Å². The molecule has 0 amide bonds. The van der Waals surface area contributed by atoms with Crippen LogP contribution in [0, 0.1) is 0 Å². The van der Waals surface area contributed by atoms with E-state index in [1.807, 2.05) is 48.5 Å². The minimum Gasteiger partial charge on any atom is -0.439 e. The van der Waals surface area contributed by atoms with Crippen LogP contribution in [-0.2, 0) is 31.5 Å². The van der Waals surface area contributed by atoms with Crippen LogP contribution in [0.15, 0.2) is 93.3 Å². The Labute approximate surface area is 232 Å². The number of ether oxygens (including phenoxy) is 3.